The Kier molecular flexibility index (Phi) is 8.63. The molecule has 0 aliphatic heterocycles. The van der Waals surface area contributed by atoms with E-state index in [1.165, 1.54) is 0 Å². The second-order valence-corrected chi connectivity index (χ2v) is 8.09. The Morgan fingerprint density at radius 2 is 1.66 bits per heavy atom. The molecule has 3 rings (SSSR count). The first-order valence-corrected chi connectivity index (χ1v) is 11.7. The molecule has 2 aromatic carbocycles. The molecule has 1 amide bonds. The smallest absolute Gasteiger partial charge is 0.255 e. The molecular formula is C27H34N2O3. The summed E-state index contributed by atoms with van der Waals surface area (Å²) >= 11 is 0. The molecule has 1 aromatic heterocycles. The SMILES string of the molecule is CCCN(CCC)CCCNC(=O)c1cccc2c(=O)c(CC)c(-c3ccccc3)oc12. The average molecular weight is 435 g/mol. The van der Waals surface area contributed by atoms with Gasteiger partial charge in [-0.2, -0.15) is 0 Å². The van der Waals surface area contributed by atoms with Crippen molar-refractivity contribution in [2.24, 2.45) is 0 Å². The molecule has 1 N–H and O–H groups in total. The Bertz CT molecular complexity index is 1080. The van der Waals surface area contributed by atoms with Crippen molar-refractivity contribution < 1.29 is 9.21 Å². The number of amides is 1. The van der Waals surface area contributed by atoms with E-state index in [9.17, 15) is 9.59 Å². The third kappa shape index (κ3) is 5.46. The van der Waals surface area contributed by atoms with Crippen LogP contribution in [-0.2, 0) is 6.42 Å². The highest BCUT2D eigenvalue weighted by molar-refractivity contribution is 6.05. The molecule has 0 unspecified atom stereocenters. The maximum atomic E-state index is 13.2. The molecule has 0 fully saturated rings. The zero-order chi connectivity index (χ0) is 22.9. The van der Waals surface area contributed by atoms with Crippen molar-refractivity contribution in [1.82, 2.24) is 10.2 Å². The van der Waals surface area contributed by atoms with Gasteiger partial charge in [0.25, 0.3) is 5.91 Å². The highest BCUT2D eigenvalue weighted by Gasteiger charge is 2.19. The second-order valence-electron chi connectivity index (χ2n) is 8.09. The van der Waals surface area contributed by atoms with Crippen LogP contribution in [0.4, 0.5) is 0 Å². The molecule has 0 aliphatic rings. The van der Waals surface area contributed by atoms with Gasteiger partial charge in [-0.15, -0.1) is 0 Å². The monoisotopic (exact) mass is 434 g/mol. The maximum absolute atomic E-state index is 13.2. The summed E-state index contributed by atoms with van der Waals surface area (Å²) in [5.41, 5.74) is 2.15. The lowest BCUT2D eigenvalue weighted by atomic mass is 10.0. The largest absolute Gasteiger partial charge is 0.455 e. The summed E-state index contributed by atoms with van der Waals surface area (Å²) in [7, 11) is 0. The fourth-order valence-corrected chi connectivity index (χ4v) is 4.15. The van der Waals surface area contributed by atoms with E-state index < -0.39 is 0 Å². The molecule has 1 heterocycles. The number of benzene rings is 2. The van der Waals surface area contributed by atoms with Crippen molar-refractivity contribution in [2.45, 2.75) is 46.5 Å². The lowest BCUT2D eigenvalue weighted by molar-refractivity contribution is 0.0952. The molecule has 0 saturated heterocycles. The number of hydrogen-bond acceptors (Lipinski definition) is 4. The van der Waals surface area contributed by atoms with Crippen molar-refractivity contribution in [3.63, 3.8) is 0 Å². The molecule has 32 heavy (non-hydrogen) atoms. The van der Waals surface area contributed by atoms with Crippen LogP contribution in [0.2, 0.25) is 0 Å². The first-order valence-electron chi connectivity index (χ1n) is 11.7. The second kappa shape index (κ2) is 11.6. The molecule has 0 spiro atoms. The summed E-state index contributed by atoms with van der Waals surface area (Å²) in [6, 6.07) is 14.8. The van der Waals surface area contributed by atoms with Crippen molar-refractivity contribution >= 4 is 16.9 Å². The molecule has 0 atom stereocenters. The third-order valence-electron chi connectivity index (χ3n) is 5.66. The minimum Gasteiger partial charge on any atom is -0.455 e. The molecule has 0 aliphatic carbocycles. The maximum Gasteiger partial charge on any atom is 0.255 e. The lowest BCUT2D eigenvalue weighted by Crippen LogP contribution is -2.31. The van der Waals surface area contributed by atoms with Crippen LogP contribution in [0.25, 0.3) is 22.3 Å². The van der Waals surface area contributed by atoms with Gasteiger partial charge in [0.1, 0.15) is 5.76 Å². The third-order valence-corrected chi connectivity index (χ3v) is 5.66. The van der Waals surface area contributed by atoms with Gasteiger partial charge in [0.2, 0.25) is 0 Å². The Hall–Kier alpha value is -2.92. The van der Waals surface area contributed by atoms with Crippen molar-refractivity contribution in [3.05, 3.63) is 69.9 Å². The predicted molar refractivity (Wildman–Crippen MR) is 131 cm³/mol. The van der Waals surface area contributed by atoms with Gasteiger partial charge in [0.05, 0.1) is 10.9 Å². The standard InChI is InChI=1S/C27H34N2O3/c1-4-17-29(18-5-2)19-11-16-28-27(31)23-15-10-14-22-24(30)21(6-3)25(32-26(22)23)20-12-8-7-9-13-20/h7-10,12-15H,4-6,11,16-19H2,1-3H3,(H,28,31). The number of carbonyl (C=O) groups is 1. The number of carbonyl (C=O) groups excluding carboxylic acids is 1. The topological polar surface area (TPSA) is 62.6 Å². The summed E-state index contributed by atoms with van der Waals surface area (Å²) in [4.78, 5) is 28.6. The van der Waals surface area contributed by atoms with E-state index in [1.54, 1.807) is 18.2 Å². The molecule has 5 nitrogen and oxygen atoms in total. The summed E-state index contributed by atoms with van der Waals surface area (Å²) in [6.45, 7) is 10.0. The lowest BCUT2D eigenvalue weighted by Gasteiger charge is -2.20. The van der Waals surface area contributed by atoms with Gasteiger partial charge in [0.15, 0.2) is 11.0 Å². The number of para-hydroxylation sites is 1. The van der Waals surface area contributed by atoms with Crippen LogP contribution in [0.15, 0.2) is 57.7 Å². The van der Waals surface area contributed by atoms with E-state index in [-0.39, 0.29) is 11.3 Å². The molecule has 5 heteroatoms. The van der Waals surface area contributed by atoms with Crippen LogP contribution >= 0.6 is 0 Å². The fraction of sp³-hybridized carbons (Fsp3) is 0.407. The molecular weight excluding hydrogens is 400 g/mol. The molecule has 170 valence electrons. The number of hydrogen-bond donors (Lipinski definition) is 1. The normalized spacial score (nSPS) is 11.2. The molecule has 0 saturated carbocycles. The highest BCUT2D eigenvalue weighted by atomic mass is 16.3. The Labute approximate surface area is 190 Å². The van der Waals surface area contributed by atoms with Crippen LogP contribution in [0.5, 0.6) is 0 Å². The van der Waals surface area contributed by atoms with E-state index in [4.69, 9.17) is 4.42 Å². The fourth-order valence-electron chi connectivity index (χ4n) is 4.15. The van der Waals surface area contributed by atoms with E-state index in [0.29, 0.717) is 40.8 Å². The van der Waals surface area contributed by atoms with Gasteiger partial charge in [-0.1, -0.05) is 57.2 Å². The van der Waals surface area contributed by atoms with Crippen LogP contribution < -0.4 is 10.7 Å². The van der Waals surface area contributed by atoms with Crippen LogP contribution in [0, 0.1) is 0 Å². The van der Waals surface area contributed by atoms with Crippen molar-refractivity contribution in [2.75, 3.05) is 26.2 Å². The zero-order valence-corrected chi connectivity index (χ0v) is 19.4. The summed E-state index contributed by atoms with van der Waals surface area (Å²) in [5.74, 6) is 0.333. The van der Waals surface area contributed by atoms with E-state index in [0.717, 1.165) is 44.5 Å². The Morgan fingerprint density at radius 1 is 0.938 bits per heavy atom. The van der Waals surface area contributed by atoms with Crippen molar-refractivity contribution in [1.29, 1.82) is 0 Å². The molecule has 0 bridgehead atoms. The molecule has 0 radical (unpaired) electrons. The number of fused-ring (bicyclic) bond motifs is 1. The minimum absolute atomic E-state index is 0.0722. The Morgan fingerprint density at radius 3 is 2.31 bits per heavy atom. The van der Waals surface area contributed by atoms with Gasteiger partial charge in [-0.25, -0.2) is 0 Å². The van der Waals surface area contributed by atoms with E-state index >= 15 is 0 Å². The first-order chi connectivity index (χ1) is 15.6. The van der Waals surface area contributed by atoms with E-state index in [2.05, 4.69) is 24.1 Å². The van der Waals surface area contributed by atoms with Gasteiger partial charge in [-0.3, -0.25) is 9.59 Å². The Balaban J connectivity index is 1.85. The van der Waals surface area contributed by atoms with Crippen LogP contribution in [0.1, 0.15) is 56.0 Å². The van der Waals surface area contributed by atoms with E-state index in [1.807, 2.05) is 37.3 Å². The average Bonchev–Trinajstić information content (AvgIpc) is 2.82. The quantitative estimate of drug-likeness (QED) is 0.418. The van der Waals surface area contributed by atoms with Gasteiger partial charge in [-0.05, 0) is 57.5 Å². The van der Waals surface area contributed by atoms with Crippen LogP contribution in [-0.4, -0.2) is 37.0 Å². The number of nitrogens with zero attached hydrogens (tertiary/aromatic N) is 1. The first kappa shape index (κ1) is 23.7. The summed E-state index contributed by atoms with van der Waals surface area (Å²) < 4.78 is 6.24. The van der Waals surface area contributed by atoms with Crippen molar-refractivity contribution in [3.8, 4) is 11.3 Å². The summed E-state index contributed by atoms with van der Waals surface area (Å²) in [6.07, 6.45) is 3.70. The van der Waals surface area contributed by atoms with Crippen LogP contribution in [0.3, 0.4) is 0 Å². The zero-order valence-electron chi connectivity index (χ0n) is 19.4. The molecule has 3 aromatic rings. The number of nitrogens with one attached hydrogen (secondary N) is 1. The van der Waals surface area contributed by atoms with Gasteiger partial charge >= 0.3 is 0 Å². The van der Waals surface area contributed by atoms with Gasteiger partial charge in [0, 0.05) is 17.7 Å². The number of rotatable bonds is 11. The predicted octanol–water partition coefficient (Wildman–Crippen LogP) is 5.26. The van der Waals surface area contributed by atoms with Gasteiger partial charge < -0.3 is 14.6 Å². The highest BCUT2D eigenvalue weighted by Crippen LogP contribution is 2.28. The summed E-state index contributed by atoms with van der Waals surface area (Å²) in [5, 5.41) is 3.46. The minimum atomic E-state index is -0.209.